The van der Waals surface area contributed by atoms with Gasteiger partial charge in [0.25, 0.3) is 5.91 Å². The van der Waals surface area contributed by atoms with E-state index in [2.05, 4.69) is 143 Å². The topological polar surface area (TPSA) is 163 Å². The number of allylic oxidation sites excluding steroid dienone is 2. The molecule has 4 aliphatic rings. The summed E-state index contributed by atoms with van der Waals surface area (Å²) < 4.78 is 0.953. The van der Waals surface area contributed by atoms with Gasteiger partial charge in [0.15, 0.2) is 10.9 Å². The van der Waals surface area contributed by atoms with Crippen LogP contribution < -0.4 is 15.5 Å². The second-order valence-electron chi connectivity index (χ2n) is 20.9. The largest absolute Gasteiger partial charge is 0.505 e. The molecule has 0 radical (unpaired) electrons. The second-order valence-corrected chi connectivity index (χ2v) is 23.0. The van der Waals surface area contributed by atoms with E-state index in [0.717, 1.165) is 114 Å². The summed E-state index contributed by atoms with van der Waals surface area (Å²) in [6.07, 6.45) is 8.41. The molecule has 5 N–H and O–H groups in total. The van der Waals surface area contributed by atoms with Gasteiger partial charge < -0.3 is 25.4 Å². The van der Waals surface area contributed by atoms with Crippen LogP contribution in [0, 0.1) is 6.92 Å². The first kappa shape index (κ1) is 46.9. The molecule has 0 fully saturated rings. The third kappa shape index (κ3) is 7.42. The third-order valence-corrected chi connectivity index (χ3v) is 18.0. The molecule has 0 saturated carbocycles. The zero-order valence-electron chi connectivity index (χ0n) is 43.1. The molecule has 12 nitrogen and oxygen atoms in total. The number of carbonyl (C=O) groups is 1. The predicted molar refractivity (Wildman–Crippen MR) is 322 cm³/mol. The number of hydrogen-bond donors (Lipinski definition) is 5. The van der Waals surface area contributed by atoms with Crippen LogP contribution in [0.5, 0.6) is 11.5 Å². The van der Waals surface area contributed by atoms with Crippen molar-refractivity contribution in [3.05, 3.63) is 202 Å². The molecule has 0 bridgehead atoms. The molecular weight excluding hydrogens is 1020 g/mol. The highest BCUT2D eigenvalue weighted by Crippen LogP contribution is 2.56. The Morgan fingerprint density at radius 3 is 2.23 bits per heavy atom. The molecule has 2 unspecified atom stereocenters. The first-order valence-electron chi connectivity index (χ1n) is 26.2. The van der Waals surface area contributed by atoms with Crippen LogP contribution in [0.4, 0.5) is 39.3 Å². The van der Waals surface area contributed by atoms with E-state index in [0.29, 0.717) is 27.6 Å². The van der Waals surface area contributed by atoms with E-state index in [1.165, 1.54) is 11.3 Å². The Bertz CT molecular complexity index is 4680. The number of para-hydroxylation sites is 2. The van der Waals surface area contributed by atoms with Crippen LogP contribution in [0.15, 0.2) is 194 Å². The van der Waals surface area contributed by atoms with Crippen LogP contribution in [0.3, 0.4) is 0 Å². The molecule has 382 valence electrons. The molecule has 2 aliphatic carbocycles. The number of anilines is 3. The highest BCUT2D eigenvalue weighted by Gasteiger charge is 2.35. The van der Waals surface area contributed by atoms with Crippen LogP contribution in [0.2, 0.25) is 0 Å². The second kappa shape index (κ2) is 17.8. The number of H-pyrrole nitrogens is 1. The van der Waals surface area contributed by atoms with Crippen molar-refractivity contribution in [2.45, 2.75) is 43.5 Å². The molecule has 2 atom stereocenters. The summed E-state index contributed by atoms with van der Waals surface area (Å²) >= 11 is 3.09. The quantitative estimate of drug-likeness (QED) is 0.0992. The van der Waals surface area contributed by atoms with E-state index in [9.17, 15) is 15.0 Å². The molecule has 79 heavy (non-hydrogen) atoms. The predicted octanol–water partition coefficient (Wildman–Crippen LogP) is 18.1. The van der Waals surface area contributed by atoms with Gasteiger partial charge in [0.05, 0.1) is 49.4 Å². The number of phenols is 2. The lowest BCUT2D eigenvalue weighted by molar-refractivity contribution is 0.102. The number of hydrogen-bond acceptors (Lipinski definition) is 12. The monoisotopic (exact) mass is 1070 g/mol. The van der Waals surface area contributed by atoms with Crippen molar-refractivity contribution in [3.8, 4) is 22.6 Å². The number of rotatable bonds is 7. The average molecular weight is 1070 g/mol. The maximum absolute atomic E-state index is 14.3. The van der Waals surface area contributed by atoms with E-state index >= 15 is 0 Å². The van der Waals surface area contributed by atoms with Gasteiger partial charge in [-0.2, -0.15) is 10.2 Å². The van der Waals surface area contributed by atoms with Gasteiger partial charge in [-0.15, -0.1) is 10.2 Å². The van der Waals surface area contributed by atoms with Crippen LogP contribution in [-0.4, -0.2) is 39.2 Å². The Balaban J connectivity index is 0.848. The fourth-order valence-corrected chi connectivity index (χ4v) is 14.1. The molecule has 2 aliphatic heterocycles. The Morgan fingerprint density at radius 2 is 1.44 bits per heavy atom. The van der Waals surface area contributed by atoms with Gasteiger partial charge in [-0.1, -0.05) is 134 Å². The Hall–Kier alpha value is -9.37. The maximum atomic E-state index is 14.3. The Labute approximate surface area is 461 Å². The summed E-state index contributed by atoms with van der Waals surface area (Å²) in [6, 6.07) is 46.9. The number of aromatic nitrogens is 2. The number of thiazole rings is 1. The summed E-state index contributed by atoms with van der Waals surface area (Å²) in [5, 5.41) is 57.5. The molecule has 0 saturated heterocycles. The van der Waals surface area contributed by atoms with Gasteiger partial charge >= 0.3 is 0 Å². The minimum absolute atomic E-state index is 0.0206. The number of benzene rings is 9. The van der Waals surface area contributed by atoms with E-state index < -0.39 is 5.91 Å². The van der Waals surface area contributed by atoms with Crippen molar-refractivity contribution in [1.82, 2.24) is 9.97 Å². The normalized spacial score (nSPS) is 17.1. The lowest BCUT2D eigenvalue weighted by atomic mass is 9.90. The third-order valence-electron chi connectivity index (χ3n) is 15.8. The fourth-order valence-electron chi connectivity index (χ4n) is 12.0. The number of aromatic hydroxyl groups is 2. The van der Waals surface area contributed by atoms with Gasteiger partial charge in [0.2, 0.25) is 0 Å². The molecule has 9 aromatic carbocycles. The standard InChI is InChI=1S/C65H47N9O3S2/c1-32(2)44-28-34-18-22-42-40-11-5-7-13-48(40)66-57(42)54(34)59(61(44)75)72-70-36-20-24-38-39-25-21-37(31-46(39)56(45(38)30-36)64-74(4)51-15-9-10-16-52(51)78-64)71-73-60-55-35(19-23-43-41-12-6-8-14-49(41)67-58(43)55)29-47(62(60)76)63(77)69-65-68-50-26-17-33(3)27-53(50)79-65/h5-32,41,49,66-67,75-76H,1-4H3,(H,68,69,77)/b64-56+,72-70?,73-71?. The molecule has 4 heterocycles. The zero-order valence-corrected chi connectivity index (χ0v) is 44.8. The van der Waals surface area contributed by atoms with E-state index in [1.807, 2.05) is 67.6 Å². The zero-order chi connectivity index (χ0) is 53.4. The minimum atomic E-state index is -0.509. The molecule has 0 spiro atoms. The van der Waals surface area contributed by atoms with E-state index in [4.69, 9.17) is 20.5 Å². The number of thioether (sulfide) groups is 1. The lowest BCUT2D eigenvalue weighted by Gasteiger charge is -2.17. The number of carbonyl (C=O) groups excluding carboxylic acids is 1. The minimum Gasteiger partial charge on any atom is -0.505 e. The van der Waals surface area contributed by atoms with E-state index in [1.54, 1.807) is 17.8 Å². The number of amides is 1. The van der Waals surface area contributed by atoms with Gasteiger partial charge in [0, 0.05) is 56.2 Å². The molecule has 2 aromatic heterocycles. The Kier molecular flexibility index (Phi) is 10.6. The highest BCUT2D eigenvalue weighted by molar-refractivity contribution is 8.04. The Morgan fingerprint density at radius 1 is 0.722 bits per heavy atom. The molecular formula is C65H47N9O3S2. The average Bonchev–Trinajstić information content (AvgIpc) is 4.13. The molecule has 15 rings (SSSR count). The maximum Gasteiger partial charge on any atom is 0.261 e. The summed E-state index contributed by atoms with van der Waals surface area (Å²) in [4.78, 5) is 25.9. The van der Waals surface area contributed by atoms with E-state index in [-0.39, 0.29) is 40.6 Å². The summed E-state index contributed by atoms with van der Waals surface area (Å²) in [7, 11) is 2.09. The highest BCUT2D eigenvalue weighted by atomic mass is 32.2. The number of aromatic amines is 1. The van der Waals surface area contributed by atoms with Crippen molar-refractivity contribution in [1.29, 1.82) is 0 Å². The van der Waals surface area contributed by atoms with Gasteiger partial charge in [0.1, 0.15) is 17.1 Å². The van der Waals surface area contributed by atoms with Crippen molar-refractivity contribution < 1.29 is 15.0 Å². The number of aryl methyl sites for hydroxylation is 1. The SMILES string of the molecule is Cc1ccc2nc(NC(=O)c3cc4ccc5c(c4c(N=Nc4ccc6c(c4)/C(=C4/Sc7ccccc7N4C)c4cc(N=Nc7c(O)c(C(C)C)cc8ccc9c%10ccccc%10[nH]c9c78)ccc4-6)c3O)NC3C=CC=CC53)sc2c1. The molecule has 11 aromatic rings. The van der Waals surface area contributed by atoms with Crippen LogP contribution in [0.1, 0.15) is 63.9 Å². The number of azo groups is 2. The van der Waals surface area contributed by atoms with Crippen molar-refractivity contribution in [3.63, 3.8) is 0 Å². The summed E-state index contributed by atoms with van der Waals surface area (Å²) in [5.41, 5.74) is 14.4. The fraction of sp³-hybridized carbons (Fsp3) is 0.108. The number of nitrogens with zero attached hydrogens (tertiary/aromatic N) is 6. The van der Waals surface area contributed by atoms with Crippen LogP contribution in [0.25, 0.3) is 70.3 Å². The van der Waals surface area contributed by atoms with Crippen LogP contribution >= 0.6 is 23.1 Å². The first-order valence-corrected chi connectivity index (χ1v) is 27.9. The number of nitrogens with one attached hydrogen (secondary N) is 3. The lowest BCUT2D eigenvalue weighted by Crippen LogP contribution is -2.17. The van der Waals surface area contributed by atoms with Crippen molar-refractivity contribution in [2.24, 2.45) is 20.5 Å². The van der Waals surface area contributed by atoms with Gasteiger partial charge in [-0.25, -0.2) is 4.98 Å². The number of phenolic OH excluding ortho intramolecular Hbond substituents is 2. The van der Waals surface area contributed by atoms with Crippen molar-refractivity contribution in [2.75, 3.05) is 22.6 Å². The molecule has 1 amide bonds. The smallest absolute Gasteiger partial charge is 0.261 e. The van der Waals surface area contributed by atoms with Gasteiger partial charge in [-0.3, -0.25) is 10.1 Å². The first-order chi connectivity index (χ1) is 38.5. The molecule has 14 heteroatoms. The number of fused-ring (bicyclic) bond motifs is 15. The van der Waals surface area contributed by atoms with Crippen molar-refractivity contribution >= 4 is 127 Å². The summed E-state index contributed by atoms with van der Waals surface area (Å²) in [5.74, 6) is -0.556. The van der Waals surface area contributed by atoms with Crippen LogP contribution in [-0.2, 0) is 0 Å². The van der Waals surface area contributed by atoms with Gasteiger partial charge in [-0.05, 0) is 129 Å². The summed E-state index contributed by atoms with van der Waals surface area (Å²) in [6.45, 7) is 6.16.